The Balaban J connectivity index is 2.38. The molecule has 0 bridgehead atoms. The lowest BCUT2D eigenvalue weighted by molar-refractivity contribution is 0.128. The molecular weight excluding hydrogens is 214 g/mol. The fourth-order valence-electron chi connectivity index (χ4n) is 2.15. The van der Waals surface area contributed by atoms with Gasteiger partial charge in [0.1, 0.15) is 0 Å². The van der Waals surface area contributed by atoms with Gasteiger partial charge in [0.15, 0.2) is 0 Å². The largest absolute Gasteiger partial charge is 0.390 e. The zero-order valence-corrected chi connectivity index (χ0v) is 11.2. The van der Waals surface area contributed by atoms with Crippen molar-refractivity contribution in [1.82, 2.24) is 15.1 Å². The van der Waals surface area contributed by atoms with Crippen LogP contribution in [0.5, 0.6) is 0 Å². The molecule has 0 spiro atoms. The molecule has 98 valence electrons. The monoisotopic (exact) mass is 239 g/mol. The van der Waals surface area contributed by atoms with Gasteiger partial charge in [0, 0.05) is 24.5 Å². The lowest BCUT2D eigenvalue weighted by Crippen LogP contribution is -2.47. The molecule has 0 aliphatic heterocycles. The molecule has 0 aliphatic carbocycles. The van der Waals surface area contributed by atoms with Gasteiger partial charge in [-0.25, -0.2) is 0 Å². The maximum absolute atomic E-state index is 9.95. The maximum Gasteiger partial charge on any atom is 0.0860 e. The zero-order valence-electron chi connectivity index (χ0n) is 11.2. The van der Waals surface area contributed by atoms with Crippen LogP contribution in [0, 0.1) is 0 Å². The Labute approximate surface area is 104 Å². The van der Waals surface area contributed by atoms with E-state index in [1.807, 2.05) is 12.3 Å². The molecule has 0 aromatic carbocycles. The second-order valence-corrected chi connectivity index (χ2v) is 4.60. The summed E-state index contributed by atoms with van der Waals surface area (Å²) < 4.78 is 1.76. The van der Waals surface area contributed by atoms with Crippen molar-refractivity contribution in [3.63, 3.8) is 0 Å². The maximum atomic E-state index is 9.95. The quantitative estimate of drug-likeness (QED) is 0.727. The first kappa shape index (κ1) is 14.2. The van der Waals surface area contributed by atoms with Gasteiger partial charge in [-0.1, -0.05) is 20.8 Å². The third-order valence-electron chi connectivity index (χ3n) is 3.70. The predicted octanol–water partition coefficient (Wildman–Crippen LogP) is 1.80. The molecule has 1 aromatic heterocycles. The molecule has 0 saturated heterocycles. The minimum Gasteiger partial charge on any atom is -0.390 e. The Bertz CT molecular complexity index is 285. The van der Waals surface area contributed by atoms with E-state index in [4.69, 9.17) is 0 Å². The highest BCUT2D eigenvalue weighted by Gasteiger charge is 2.23. The van der Waals surface area contributed by atoms with Crippen molar-refractivity contribution >= 4 is 0 Å². The fourth-order valence-corrected chi connectivity index (χ4v) is 2.15. The number of rotatable bonds is 8. The number of aliphatic hydroxyl groups excluding tert-OH is 1. The SMILES string of the molecule is CCC(CC)(CC)NCC(O)Cn1cccn1. The smallest absolute Gasteiger partial charge is 0.0860 e. The van der Waals surface area contributed by atoms with Crippen molar-refractivity contribution in [2.45, 2.75) is 58.2 Å². The Morgan fingerprint density at radius 2 is 1.94 bits per heavy atom. The van der Waals surface area contributed by atoms with Crippen LogP contribution in [0.15, 0.2) is 18.5 Å². The minimum atomic E-state index is -0.390. The van der Waals surface area contributed by atoms with Gasteiger partial charge in [0.25, 0.3) is 0 Å². The number of nitrogens with zero attached hydrogens (tertiary/aromatic N) is 2. The van der Waals surface area contributed by atoms with Crippen LogP contribution >= 0.6 is 0 Å². The first-order valence-corrected chi connectivity index (χ1v) is 6.56. The zero-order chi connectivity index (χ0) is 12.7. The molecule has 1 rings (SSSR count). The third kappa shape index (κ3) is 4.13. The van der Waals surface area contributed by atoms with Gasteiger partial charge >= 0.3 is 0 Å². The topological polar surface area (TPSA) is 50.1 Å². The number of hydrogen-bond acceptors (Lipinski definition) is 3. The summed E-state index contributed by atoms with van der Waals surface area (Å²) in [6, 6.07) is 1.87. The van der Waals surface area contributed by atoms with E-state index in [0.29, 0.717) is 13.1 Å². The molecule has 0 amide bonds. The Morgan fingerprint density at radius 1 is 1.29 bits per heavy atom. The Morgan fingerprint density at radius 3 is 2.41 bits per heavy atom. The highest BCUT2D eigenvalue weighted by atomic mass is 16.3. The van der Waals surface area contributed by atoms with Crippen LogP contribution in [0.4, 0.5) is 0 Å². The first-order chi connectivity index (χ1) is 8.15. The van der Waals surface area contributed by atoms with Crippen molar-refractivity contribution in [2.24, 2.45) is 0 Å². The summed E-state index contributed by atoms with van der Waals surface area (Å²) in [5.41, 5.74) is 0.172. The van der Waals surface area contributed by atoms with E-state index in [1.54, 1.807) is 10.9 Å². The molecule has 1 unspecified atom stereocenters. The van der Waals surface area contributed by atoms with E-state index in [1.165, 1.54) is 0 Å². The molecular formula is C13H25N3O. The van der Waals surface area contributed by atoms with Crippen LogP contribution < -0.4 is 5.32 Å². The van der Waals surface area contributed by atoms with Crippen molar-refractivity contribution in [3.05, 3.63) is 18.5 Å². The number of nitrogens with one attached hydrogen (secondary N) is 1. The lowest BCUT2D eigenvalue weighted by atomic mass is 9.89. The molecule has 0 radical (unpaired) electrons. The fraction of sp³-hybridized carbons (Fsp3) is 0.769. The lowest BCUT2D eigenvalue weighted by Gasteiger charge is -2.33. The van der Waals surface area contributed by atoms with Crippen molar-refractivity contribution in [2.75, 3.05) is 6.54 Å². The third-order valence-corrected chi connectivity index (χ3v) is 3.70. The number of β-amino-alcohol motifs (C(OH)–C–C–N with tert-alkyl or cyclic N) is 1. The molecule has 4 heteroatoms. The molecule has 1 heterocycles. The van der Waals surface area contributed by atoms with Gasteiger partial charge in [0.2, 0.25) is 0 Å². The van der Waals surface area contributed by atoms with Crippen LogP contribution in [-0.2, 0) is 6.54 Å². The normalized spacial score (nSPS) is 13.9. The second kappa shape index (κ2) is 6.77. The summed E-state index contributed by atoms with van der Waals surface area (Å²) in [7, 11) is 0. The standard InChI is InChI=1S/C13H25N3O/c1-4-13(5-2,6-3)14-10-12(17)11-16-9-7-8-15-16/h7-9,12,14,17H,4-6,10-11H2,1-3H3. The number of aliphatic hydroxyl groups is 1. The average Bonchev–Trinajstić information content (AvgIpc) is 2.84. The summed E-state index contributed by atoms with van der Waals surface area (Å²) in [6.45, 7) is 7.75. The van der Waals surface area contributed by atoms with Crippen molar-refractivity contribution < 1.29 is 5.11 Å². The van der Waals surface area contributed by atoms with Crippen LogP contribution in [0.2, 0.25) is 0 Å². The molecule has 0 fully saturated rings. The first-order valence-electron chi connectivity index (χ1n) is 6.56. The Hall–Kier alpha value is -0.870. The minimum absolute atomic E-state index is 0.172. The Kier molecular flexibility index (Phi) is 5.65. The van der Waals surface area contributed by atoms with Gasteiger partial charge in [-0.2, -0.15) is 5.10 Å². The predicted molar refractivity (Wildman–Crippen MR) is 69.8 cm³/mol. The summed E-state index contributed by atoms with van der Waals surface area (Å²) in [5, 5.41) is 17.5. The summed E-state index contributed by atoms with van der Waals surface area (Å²) in [4.78, 5) is 0. The van der Waals surface area contributed by atoms with Gasteiger partial charge in [-0.3, -0.25) is 4.68 Å². The van der Waals surface area contributed by atoms with Crippen LogP contribution in [-0.4, -0.2) is 33.1 Å². The molecule has 0 saturated carbocycles. The van der Waals surface area contributed by atoms with Gasteiger partial charge in [0.05, 0.1) is 12.6 Å². The van der Waals surface area contributed by atoms with E-state index >= 15 is 0 Å². The molecule has 1 aromatic rings. The van der Waals surface area contributed by atoms with Crippen molar-refractivity contribution in [3.8, 4) is 0 Å². The molecule has 2 N–H and O–H groups in total. The van der Waals surface area contributed by atoms with E-state index in [-0.39, 0.29) is 11.6 Å². The van der Waals surface area contributed by atoms with Gasteiger partial charge in [-0.05, 0) is 25.3 Å². The summed E-state index contributed by atoms with van der Waals surface area (Å²) in [6.07, 6.45) is 6.49. The number of hydrogen-bond donors (Lipinski definition) is 2. The molecule has 1 atom stereocenters. The van der Waals surface area contributed by atoms with Gasteiger partial charge < -0.3 is 10.4 Å². The van der Waals surface area contributed by atoms with Crippen molar-refractivity contribution in [1.29, 1.82) is 0 Å². The average molecular weight is 239 g/mol. The highest BCUT2D eigenvalue weighted by Crippen LogP contribution is 2.18. The summed E-state index contributed by atoms with van der Waals surface area (Å²) >= 11 is 0. The van der Waals surface area contributed by atoms with E-state index in [0.717, 1.165) is 19.3 Å². The highest BCUT2D eigenvalue weighted by molar-refractivity contribution is 4.85. The van der Waals surface area contributed by atoms with E-state index in [2.05, 4.69) is 31.2 Å². The van der Waals surface area contributed by atoms with Gasteiger partial charge in [-0.15, -0.1) is 0 Å². The summed E-state index contributed by atoms with van der Waals surface area (Å²) in [5.74, 6) is 0. The van der Waals surface area contributed by atoms with E-state index in [9.17, 15) is 5.11 Å². The van der Waals surface area contributed by atoms with Crippen LogP contribution in [0.25, 0.3) is 0 Å². The van der Waals surface area contributed by atoms with Crippen LogP contribution in [0.1, 0.15) is 40.0 Å². The van der Waals surface area contributed by atoms with E-state index < -0.39 is 0 Å². The molecule has 0 aliphatic rings. The molecule has 4 nitrogen and oxygen atoms in total. The number of aromatic nitrogens is 2. The molecule has 17 heavy (non-hydrogen) atoms. The van der Waals surface area contributed by atoms with Crippen LogP contribution in [0.3, 0.4) is 0 Å². The second-order valence-electron chi connectivity index (χ2n) is 4.60.